The number of carbonyl (C=O) groups is 3. The SMILES string of the molecule is CC(C)OC(=O)OCOP(=O)(OCOC(=O)OC(C)C)OC[C@@]1(F)O[C@@H](N2C=NC3C(=O)NC(N)=NC32)[C@](C)(O)[C@@H]1O. The first-order valence-electron chi connectivity index (χ1n) is 12.4. The molecule has 0 radical (unpaired) electrons. The van der Waals surface area contributed by atoms with Gasteiger partial charge in [-0.15, -0.1) is 0 Å². The third-order valence-corrected chi connectivity index (χ3v) is 6.93. The average molecular weight is 629 g/mol. The number of ether oxygens (including phenoxy) is 5. The maximum atomic E-state index is 16.0. The first kappa shape index (κ1) is 33.4. The van der Waals surface area contributed by atoms with E-state index in [0.29, 0.717) is 0 Å². The van der Waals surface area contributed by atoms with Gasteiger partial charge in [0.15, 0.2) is 24.4 Å². The van der Waals surface area contributed by atoms with E-state index in [1.165, 1.54) is 27.7 Å². The zero-order chi connectivity index (χ0) is 31.5. The van der Waals surface area contributed by atoms with Crippen LogP contribution in [0.3, 0.4) is 0 Å². The monoisotopic (exact) mass is 629 g/mol. The highest BCUT2D eigenvalue weighted by Gasteiger charge is 2.66. The molecule has 21 heteroatoms. The number of aliphatic hydroxyl groups is 2. The van der Waals surface area contributed by atoms with Crippen LogP contribution < -0.4 is 11.1 Å². The fraction of sp³-hybridized carbons (Fsp3) is 0.762. The number of amides is 1. The largest absolute Gasteiger partial charge is 0.510 e. The zero-order valence-electron chi connectivity index (χ0n) is 23.2. The molecule has 0 saturated carbocycles. The average Bonchev–Trinajstić information content (AvgIpc) is 3.35. The minimum absolute atomic E-state index is 0.265. The van der Waals surface area contributed by atoms with E-state index in [0.717, 1.165) is 18.2 Å². The number of guanidine groups is 1. The van der Waals surface area contributed by atoms with E-state index in [1.54, 1.807) is 0 Å². The van der Waals surface area contributed by atoms with E-state index in [9.17, 15) is 29.2 Å². The molecule has 6 atom stereocenters. The van der Waals surface area contributed by atoms with Crippen LogP contribution in [0.2, 0.25) is 0 Å². The number of nitrogens with one attached hydrogen (secondary N) is 1. The van der Waals surface area contributed by atoms with Gasteiger partial charge >= 0.3 is 20.1 Å². The molecule has 0 aromatic rings. The lowest BCUT2D eigenvalue weighted by atomic mass is 9.94. The van der Waals surface area contributed by atoms with E-state index in [1.807, 2.05) is 0 Å². The number of nitrogens with zero attached hydrogens (tertiary/aromatic N) is 3. The van der Waals surface area contributed by atoms with Crippen LogP contribution in [-0.4, -0.2) is 114 Å². The van der Waals surface area contributed by atoms with Crippen LogP contribution in [0.5, 0.6) is 0 Å². The summed E-state index contributed by atoms with van der Waals surface area (Å²) in [5.74, 6) is -4.17. The molecule has 0 aromatic carbocycles. The Morgan fingerprint density at radius 1 is 1.17 bits per heavy atom. The molecule has 0 aliphatic carbocycles. The van der Waals surface area contributed by atoms with Gasteiger partial charge in [-0.25, -0.2) is 32.6 Å². The van der Waals surface area contributed by atoms with E-state index < -0.39 is 94.4 Å². The van der Waals surface area contributed by atoms with Crippen LogP contribution in [0.4, 0.5) is 14.0 Å². The first-order valence-corrected chi connectivity index (χ1v) is 13.9. The van der Waals surface area contributed by atoms with Crippen molar-refractivity contribution in [1.82, 2.24) is 10.2 Å². The lowest BCUT2D eigenvalue weighted by Crippen LogP contribution is -2.59. The molecule has 3 heterocycles. The second kappa shape index (κ2) is 13.0. The lowest BCUT2D eigenvalue weighted by molar-refractivity contribution is -0.211. The fourth-order valence-electron chi connectivity index (χ4n) is 3.80. The molecule has 42 heavy (non-hydrogen) atoms. The third-order valence-electron chi connectivity index (χ3n) is 5.64. The Morgan fingerprint density at radius 3 is 2.24 bits per heavy atom. The Bertz CT molecular complexity index is 1110. The number of hydrogen-bond donors (Lipinski definition) is 4. The summed E-state index contributed by atoms with van der Waals surface area (Å²) in [5.41, 5.74) is 3.21. The molecule has 2 unspecified atom stereocenters. The highest BCUT2D eigenvalue weighted by Crippen LogP contribution is 2.52. The number of carbonyl (C=O) groups excluding carboxylic acids is 3. The van der Waals surface area contributed by atoms with Gasteiger partial charge in [0.25, 0.3) is 11.8 Å². The van der Waals surface area contributed by atoms with Crippen molar-refractivity contribution in [3.8, 4) is 0 Å². The summed E-state index contributed by atoms with van der Waals surface area (Å²) in [6.45, 7) is 3.56. The van der Waals surface area contributed by atoms with Gasteiger partial charge in [-0.1, -0.05) is 0 Å². The molecule has 3 rings (SSSR count). The molecule has 3 aliphatic rings. The fourth-order valence-corrected chi connectivity index (χ4v) is 4.72. The zero-order valence-corrected chi connectivity index (χ0v) is 24.1. The van der Waals surface area contributed by atoms with Gasteiger partial charge in [0, 0.05) is 0 Å². The maximum absolute atomic E-state index is 16.0. The molecule has 19 nitrogen and oxygen atoms in total. The second-order valence-electron chi connectivity index (χ2n) is 9.80. The lowest BCUT2D eigenvalue weighted by Gasteiger charge is -2.36. The number of alkyl halides is 1. The van der Waals surface area contributed by atoms with Gasteiger partial charge < -0.3 is 44.5 Å². The van der Waals surface area contributed by atoms with Crippen LogP contribution in [0.25, 0.3) is 0 Å². The highest BCUT2D eigenvalue weighted by atomic mass is 31.2. The van der Waals surface area contributed by atoms with Crippen LogP contribution in [0.15, 0.2) is 9.98 Å². The smallest absolute Gasteiger partial charge is 0.432 e. The Hall–Kier alpha value is -3.13. The van der Waals surface area contributed by atoms with Gasteiger partial charge in [-0.3, -0.25) is 19.6 Å². The van der Waals surface area contributed by atoms with E-state index in [4.69, 9.17) is 33.5 Å². The number of aliphatic hydroxyl groups excluding tert-OH is 1. The highest BCUT2D eigenvalue weighted by molar-refractivity contribution is 7.48. The van der Waals surface area contributed by atoms with Crippen molar-refractivity contribution in [1.29, 1.82) is 0 Å². The second-order valence-corrected chi connectivity index (χ2v) is 11.5. The molecule has 1 fully saturated rings. The molecule has 238 valence electrons. The Labute approximate surface area is 238 Å². The van der Waals surface area contributed by atoms with Crippen molar-refractivity contribution in [2.45, 2.75) is 82.8 Å². The molecule has 0 spiro atoms. The number of nitrogens with two attached hydrogens (primary N) is 1. The number of hydrogen-bond acceptors (Lipinski definition) is 18. The number of halogens is 1. The molecule has 1 saturated heterocycles. The quantitative estimate of drug-likeness (QED) is 0.124. The summed E-state index contributed by atoms with van der Waals surface area (Å²) in [7, 11) is -4.96. The number of phosphoric acid groups is 1. The van der Waals surface area contributed by atoms with Gasteiger partial charge in [0.1, 0.15) is 18.3 Å². The number of phosphoric ester groups is 1. The van der Waals surface area contributed by atoms with E-state index >= 15 is 4.39 Å². The standard InChI is InChI=1S/C21H33FN5O14P/c1-10(2)39-18(30)34-8-37-42(33,38-9-35-19(31)40-11(3)4)36-6-21(22)15(29)20(5,32)16(41-21)27-7-24-12-13(27)25-17(23)26-14(12)28/h7,10-13,15-16,29,32H,6,8-9H2,1-5H3,(H3,23,25,26,28)/t12?,13?,15-,16+,20+,21+/m0/s1. The van der Waals surface area contributed by atoms with Gasteiger partial charge in [-0.05, 0) is 34.6 Å². The maximum Gasteiger partial charge on any atom is 0.510 e. The molecular weight excluding hydrogens is 596 g/mol. The molecular formula is C21H33FN5O14P. The Morgan fingerprint density at radius 2 is 1.71 bits per heavy atom. The summed E-state index contributed by atoms with van der Waals surface area (Å²) >= 11 is 0. The summed E-state index contributed by atoms with van der Waals surface area (Å²) in [5, 5.41) is 24.0. The van der Waals surface area contributed by atoms with Crippen molar-refractivity contribution in [3.05, 3.63) is 0 Å². The van der Waals surface area contributed by atoms with Crippen molar-refractivity contribution in [3.63, 3.8) is 0 Å². The summed E-state index contributed by atoms with van der Waals surface area (Å²) in [6.07, 6.45) is -7.71. The minimum atomic E-state index is -4.96. The minimum Gasteiger partial charge on any atom is -0.432 e. The van der Waals surface area contributed by atoms with Crippen LogP contribution in [0, 0.1) is 0 Å². The number of aliphatic imine (C=N–C) groups is 2. The number of rotatable bonds is 12. The molecule has 3 aliphatic heterocycles. The summed E-state index contributed by atoms with van der Waals surface area (Å²) < 4.78 is 67.8. The number of fused-ring (bicyclic) bond motifs is 1. The topological polar surface area (TPSA) is 249 Å². The predicted octanol–water partition coefficient (Wildman–Crippen LogP) is -0.200. The van der Waals surface area contributed by atoms with Crippen molar-refractivity contribution >= 4 is 38.3 Å². The molecule has 1 amide bonds. The van der Waals surface area contributed by atoms with Crippen LogP contribution in [0.1, 0.15) is 34.6 Å². The van der Waals surface area contributed by atoms with E-state index in [-0.39, 0.29) is 5.96 Å². The third kappa shape index (κ3) is 7.82. The van der Waals surface area contributed by atoms with Crippen molar-refractivity contribution in [2.24, 2.45) is 15.7 Å². The van der Waals surface area contributed by atoms with E-state index in [2.05, 4.69) is 24.8 Å². The summed E-state index contributed by atoms with van der Waals surface area (Å²) in [4.78, 5) is 44.4. The summed E-state index contributed by atoms with van der Waals surface area (Å²) in [6, 6.07) is -1.11. The molecule has 0 aromatic heterocycles. The van der Waals surface area contributed by atoms with Crippen LogP contribution in [-0.2, 0) is 46.6 Å². The van der Waals surface area contributed by atoms with Crippen molar-refractivity contribution < 1.29 is 70.8 Å². The van der Waals surface area contributed by atoms with Crippen molar-refractivity contribution in [2.75, 3.05) is 20.2 Å². The van der Waals surface area contributed by atoms with Gasteiger partial charge in [-0.2, -0.15) is 0 Å². The normalized spacial score (nSPS) is 30.7. The Balaban J connectivity index is 1.71. The predicted molar refractivity (Wildman–Crippen MR) is 134 cm³/mol. The molecule has 5 N–H and O–H groups in total. The van der Waals surface area contributed by atoms with Gasteiger partial charge in [0.2, 0.25) is 13.6 Å². The van der Waals surface area contributed by atoms with Gasteiger partial charge in [0.05, 0.1) is 18.5 Å². The Kier molecular flexibility index (Phi) is 10.3. The molecule has 0 bridgehead atoms. The van der Waals surface area contributed by atoms with Crippen LogP contribution >= 0.6 is 7.82 Å². The first-order chi connectivity index (χ1) is 19.5.